The molecular weight excluding hydrogens is 256 g/mol. The standard InChI is InChI=1S/C15H22N2OS/c1-12-13(17)7-6-8-14(12)19(18)10-5-4-9-15(2,3)11-16/h6-8H,4-5,9-10,17H2,1-3H3. The first-order valence-corrected chi connectivity index (χ1v) is 7.84. The van der Waals surface area contributed by atoms with Crippen LogP contribution in [0, 0.1) is 23.7 Å². The second-order valence-electron chi connectivity index (χ2n) is 5.47. The third-order valence-corrected chi connectivity index (χ3v) is 4.85. The van der Waals surface area contributed by atoms with E-state index in [4.69, 9.17) is 11.0 Å². The lowest BCUT2D eigenvalue weighted by atomic mass is 9.89. The van der Waals surface area contributed by atoms with E-state index < -0.39 is 10.8 Å². The quantitative estimate of drug-likeness (QED) is 0.640. The van der Waals surface area contributed by atoms with Gasteiger partial charge in [-0.25, -0.2) is 0 Å². The van der Waals surface area contributed by atoms with Crippen LogP contribution in [0.3, 0.4) is 0 Å². The van der Waals surface area contributed by atoms with Crippen LogP contribution in [0.5, 0.6) is 0 Å². The van der Waals surface area contributed by atoms with Crippen molar-refractivity contribution in [2.75, 3.05) is 11.5 Å². The van der Waals surface area contributed by atoms with Crippen LogP contribution in [0.15, 0.2) is 23.1 Å². The summed E-state index contributed by atoms with van der Waals surface area (Å²) in [6.07, 6.45) is 2.64. The van der Waals surface area contributed by atoms with Crippen molar-refractivity contribution in [1.29, 1.82) is 5.26 Å². The largest absolute Gasteiger partial charge is 0.398 e. The molecule has 1 aromatic rings. The lowest BCUT2D eigenvalue weighted by Gasteiger charge is -2.14. The van der Waals surface area contributed by atoms with E-state index in [1.54, 1.807) is 0 Å². The second-order valence-corrected chi connectivity index (χ2v) is 7.01. The zero-order valence-corrected chi connectivity index (χ0v) is 12.7. The Morgan fingerprint density at radius 3 is 2.68 bits per heavy atom. The summed E-state index contributed by atoms with van der Waals surface area (Å²) in [7, 11) is -0.998. The van der Waals surface area contributed by atoms with E-state index in [2.05, 4.69) is 6.07 Å². The van der Waals surface area contributed by atoms with Crippen LogP contribution in [0.4, 0.5) is 5.69 Å². The molecule has 0 aliphatic heterocycles. The van der Waals surface area contributed by atoms with Crippen molar-refractivity contribution in [2.45, 2.75) is 44.9 Å². The van der Waals surface area contributed by atoms with E-state index in [1.807, 2.05) is 39.0 Å². The zero-order valence-electron chi connectivity index (χ0n) is 11.9. The van der Waals surface area contributed by atoms with Crippen molar-refractivity contribution >= 4 is 16.5 Å². The van der Waals surface area contributed by atoms with Crippen LogP contribution in [-0.4, -0.2) is 9.96 Å². The molecule has 0 heterocycles. The molecule has 0 spiro atoms. The highest BCUT2D eigenvalue weighted by Crippen LogP contribution is 2.23. The normalized spacial score (nSPS) is 12.9. The fourth-order valence-electron chi connectivity index (χ4n) is 1.84. The van der Waals surface area contributed by atoms with Gasteiger partial charge in [-0.1, -0.05) is 12.5 Å². The Balaban J connectivity index is 2.49. The number of rotatable bonds is 6. The van der Waals surface area contributed by atoms with Crippen molar-refractivity contribution in [3.63, 3.8) is 0 Å². The lowest BCUT2D eigenvalue weighted by molar-refractivity contribution is 0.432. The summed E-state index contributed by atoms with van der Waals surface area (Å²) in [5.74, 6) is 0.631. The first kappa shape index (κ1) is 15.7. The van der Waals surface area contributed by atoms with Gasteiger partial charge in [-0.3, -0.25) is 4.21 Å². The van der Waals surface area contributed by atoms with Crippen LogP contribution in [0.2, 0.25) is 0 Å². The molecule has 1 atom stereocenters. The van der Waals surface area contributed by atoms with E-state index in [1.165, 1.54) is 0 Å². The number of nitrogens with zero attached hydrogens (tertiary/aromatic N) is 1. The number of hydrogen-bond acceptors (Lipinski definition) is 3. The van der Waals surface area contributed by atoms with Gasteiger partial charge in [0.05, 0.1) is 22.3 Å². The minimum absolute atomic E-state index is 0.283. The Bertz CT molecular complexity index is 503. The highest BCUT2D eigenvalue weighted by molar-refractivity contribution is 7.85. The van der Waals surface area contributed by atoms with Crippen molar-refractivity contribution in [3.8, 4) is 6.07 Å². The third kappa shape index (κ3) is 4.68. The van der Waals surface area contributed by atoms with Gasteiger partial charge in [-0.05, 0) is 51.3 Å². The molecule has 0 amide bonds. The lowest BCUT2D eigenvalue weighted by Crippen LogP contribution is -2.08. The number of nitriles is 1. The minimum atomic E-state index is -0.998. The number of hydrogen-bond donors (Lipinski definition) is 1. The zero-order chi connectivity index (χ0) is 14.5. The van der Waals surface area contributed by atoms with Gasteiger partial charge in [0.2, 0.25) is 0 Å². The third-order valence-electron chi connectivity index (χ3n) is 3.26. The monoisotopic (exact) mass is 278 g/mol. The molecule has 19 heavy (non-hydrogen) atoms. The SMILES string of the molecule is Cc1c(N)cccc1S(=O)CCCCC(C)(C)C#N. The molecule has 1 aromatic carbocycles. The summed E-state index contributed by atoms with van der Waals surface area (Å²) in [6.45, 7) is 5.78. The summed E-state index contributed by atoms with van der Waals surface area (Å²) in [5, 5.41) is 8.92. The molecule has 3 nitrogen and oxygen atoms in total. The van der Waals surface area contributed by atoms with Crippen LogP contribution < -0.4 is 5.73 Å². The number of anilines is 1. The van der Waals surface area contributed by atoms with Crippen LogP contribution in [0.1, 0.15) is 38.7 Å². The second kappa shape index (κ2) is 6.72. The van der Waals surface area contributed by atoms with Crippen molar-refractivity contribution < 1.29 is 4.21 Å². The molecule has 0 bridgehead atoms. The molecule has 0 fully saturated rings. The van der Waals surface area contributed by atoms with E-state index in [0.717, 1.165) is 29.7 Å². The van der Waals surface area contributed by atoms with Gasteiger partial charge >= 0.3 is 0 Å². The molecule has 104 valence electrons. The molecule has 4 heteroatoms. The molecule has 0 aromatic heterocycles. The average Bonchev–Trinajstić information content (AvgIpc) is 2.37. The first-order valence-electron chi connectivity index (χ1n) is 6.52. The van der Waals surface area contributed by atoms with Crippen molar-refractivity contribution in [1.82, 2.24) is 0 Å². The Morgan fingerprint density at radius 2 is 2.05 bits per heavy atom. The van der Waals surface area contributed by atoms with Gasteiger partial charge in [0.1, 0.15) is 0 Å². The molecule has 1 rings (SSSR count). The predicted octanol–water partition coefficient (Wildman–Crippen LogP) is 3.40. The number of unbranched alkanes of at least 4 members (excludes halogenated alkanes) is 1. The summed E-state index contributed by atoms with van der Waals surface area (Å²) >= 11 is 0. The van der Waals surface area contributed by atoms with E-state index in [-0.39, 0.29) is 5.41 Å². The van der Waals surface area contributed by atoms with Crippen LogP contribution in [-0.2, 0) is 10.8 Å². The van der Waals surface area contributed by atoms with Gasteiger partial charge in [0, 0.05) is 16.3 Å². The maximum atomic E-state index is 12.2. The number of nitrogens with two attached hydrogens (primary N) is 1. The maximum Gasteiger partial charge on any atom is 0.0683 e. The molecule has 0 saturated carbocycles. The van der Waals surface area contributed by atoms with Crippen LogP contribution >= 0.6 is 0 Å². The molecule has 2 N–H and O–H groups in total. The van der Waals surface area contributed by atoms with Gasteiger partial charge in [0.15, 0.2) is 0 Å². The smallest absolute Gasteiger partial charge is 0.0683 e. The Hall–Kier alpha value is -1.34. The fourth-order valence-corrected chi connectivity index (χ4v) is 3.22. The number of nitrogen functional groups attached to an aromatic ring is 1. The van der Waals surface area contributed by atoms with Gasteiger partial charge < -0.3 is 5.73 Å². The molecule has 0 aliphatic carbocycles. The van der Waals surface area contributed by atoms with E-state index in [9.17, 15) is 4.21 Å². The molecule has 1 unspecified atom stereocenters. The summed E-state index contributed by atoms with van der Waals surface area (Å²) in [5.41, 5.74) is 7.14. The van der Waals surface area contributed by atoms with E-state index >= 15 is 0 Å². The topological polar surface area (TPSA) is 66.9 Å². The highest BCUT2D eigenvalue weighted by atomic mass is 32.2. The van der Waals surface area contributed by atoms with Gasteiger partial charge in [0.25, 0.3) is 0 Å². The summed E-state index contributed by atoms with van der Waals surface area (Å²) in [6, 6.07) is 7.83. The highest BCUT2D eigenvalue weighted by Gasteiger charge is 2.16. The molecule has 0 saturated heterocycles. The maximum absolute atomic E-state index is 12.2. The summed E-state index contributed by atoms with van der Waals surface area (Å²) in [4.78, 5) is 0.833. The molecular formula is C15H22N2OS. The van der Waals surface area contributed by atoms with Gasteiger partial charge in [-0.2, -0.15) is 5.26 Å². The average molecular weight is 278 g/mol. The first-order chi connectivity index (χ1) is 8.87. The predicted molar refractivity (Wildman–Crippen MR) is 80.1 cm³/mol. The Kier molecular flexibility index (Phi) is 5.56. The Morgan fingerprint density at radius 1 is 1.37 bits per heavy atom. The van der Waals surface area contributed by atoms with Crippen LogP contribution in [0.25, 0.3) is 0 Å². The minimum Gasteiger partial charge on any atom is -0.398 e. The van der Waals surface area contributed by atoms with Gasteiger partial charge in [-0.15, -0.1) is 0 Å². The Labute approximate surface area is 118 Å². The van der Waals surface area contributed by atoms with Crippen molar-refractivity contribution in [2.24, 2.45) is 5.41 Å². The molecule has 0 aliphatic rings. The fraction of sp³-hybridized carbons (Fsp3) is 0.533. The van der Waals surface area contributed by atoms with Crippen molar-refractivity contribution in [3.05, 3.63) is 23.8 Å². The number of benzene rings is 1. The molecule has 0 radical (unpaired) electrons. The summed E-state index contributed by atoms with van der Waals surface area (Å²) < 4.78 is 12.2. The van der Waals surface area contributed by atoms with E-state index in [0.29, 0.717) is 11.4 Å².